The van der Waals surface area contributed by atoms with Gasteiger partial charge in [0.2, 0.25) is 15.9 Å². The van der Waals surface area contributed by atoms with E-state index in [1.807, 2.05) is 24.3 Å². The lowest BCUT2D eigenvalue weighted by Gasteiger charge is -2.34. The Hall–Kier alpha value is -2.88. The molecule has 33 heavy (non-hydrogen) atoms. The molecule has 1 saturated heterocycles. The van der Waals surface area contributed by atoms with Crippen LogP contribution in [0.5, 0.6) is 0 Å². The van der Waals surface area contributed by atoms with E-state index in [4.69, 9.17) is 16.3 Å². The quantitative estimate of drug-likeness (QED) is 0.450. The summed E-state index contributed by atoms with van der Waals surface area (Å²) in [5, 5.41) is 3.55. The largest absolute Gasteiger partial charge is 0.463 e. The average molecular weight is 492 g/mol. The van der Waals surface area contributed by atoms with Gasteiger partial charge in [-0.3, -0.25) is 4.79 Å². The number of anilines is 1. The Balaban J connectivity index is 1.47. The van der Waals surface area contributed by atoms with Crippen LogP contribution >= 0.6 is 11.6 Å². The minimum atomic E-state index is -3.61. The summed E-state index contributed by atoms with van der Waals surface area (Å²) in [6.07, 6.45) is 3.02. The van der Waals surface area contributed by atoms with E-state index in [-0.39, 0.29) is 30.4 Å². The molecule has 0 aromatic heterocycles. The zero-order valence-electron chi connectivity index (χ0n) is 18.2. The second kappa shape index (κ2) is 11.3. The molecule has 0 atom stereocenters. The van der Waals surface area contributed by atoms with Crippen molar-refractivity contribution >= 4 is 45.3 Å². The highest BCUT2D eigenvalue weighted by Gasteiger charge is 2.29. The van der Waals surface area contributed by atoms with E-state index < -0.39 is 16.0 Å². The van der Waals surface area contributed by atoms with Crippen LogP contribution in [-0.2, 0) is 24.3 Å². The summed E-state index contributed by atoms with van der Waals surface area (Å²) in [5.74, 6) is -0.504. The molecule has 10 heteroatoms. The third-order valence-electron chi connectivity index (χ3n) is 5.10. The molecular weight excluding hydrogens is 466 g/mol. The van der Waals surface area contributed by atoms with Crippen molar-refractivity contribution in [3.8, 4) is 0 Å². The van der Waals surface area contributed by atoms with Crippen molar-refractivity contribution in [2.45, 2.75) is 11.8 Å². The molecule has 0 radical (unpaired) electrons. The van der Waals surface area contributed by atoms with Gasteiger partial charge in [-0.05, 0) is 55.0 Å². The summed E-state index contributed by atoms with van der Waals surface area (Å²) < 4.78 is 31.8. The molecule has 2 aromatic rings. The van der Waals surface area contributed by atoms with Crippen molar-refractivity contribution < 1.29 is 22.7 Å². The lowest BCUT2D eigenvalue weighted by Crippen LogP contribution is -2.51. The number of esters is 1. The number of ether oxygens (including phenoxy) is 1. The number of amides is 1. The summed E-state index contributed by atoms with van der Waals surface area (Å²) in [6.45, 7) is 3.29. The summed E-state index contributed by atoms with van der Waals surface area (Å²) >= 11 is 5.84. The van der Waals surface area contributed by atoms with Gasteiger partial charge < -0.3 is 15.0 Å². The van der Waals surface area contributed by atoms with Gasteiger partial charge in [0.25, 0.3) is 0 Å². The summed E-state index contributed by atoms with van der Waals surface area (Å²) in [5.41, 5.74) is 1.60. The molecule has 2 aromatic carbocycles. The van der Waals surface area contributed by atoms with Crippen LogP contribution in [0.3, 0.4) is 0 Å². The molecule has 0 spiro atoms. The van der Waals surface area contributed by atoms with Gasteiger partial charge in [0.1, 0.15) is 0 Å². The number of carbonyl (C=O) groups excluding carboxylic acids is 2. The maximum atomic E-state index is 12.8. The number of piperazine rings is 1. The minimum Gasteiger partial charge on any atom is -0.463 e. The Morgan fingerprint density at radius 2 is 1.67 bits per heavy atom. The zero-order valence-corrected chi connectivity index (χ0v) is 19.8. The predicted molar refractivity (Wildman–Crippen MR) is 127 cm³/mol. The molecule has 1 fully saturated rings. The van der Waals surface area contributed by atoms with E-state index in [1.165, 1.54) is 22.5 Å². The van der Waals surface area contributed by atoms with Crippen LogP contribution in [-0.4, -0.2) is 68.8 Å². The number of sulfonamides is 1. The predicted octanol–water partition coefficient (Wildman–Crippen LogP) is 2.86. The summed E-state index contributed by atoms with van der Waals surface area (Å²) in [4.78, 5) is 25.8. The number of benzene rings is 2. The van der Waals surface area contributed by atoms with Crippen LogP contribution in [0, 0.1) is 0 Å². The Bertz CT molecular complexity index is 1090. The molecular formula is C23H26ClN3O5S. The molecule has 1 aliphatic heterocycles. The van der Waals surface area contributed by atoms with E-state index >= 15 is 0 Å². The van der Waals surface area contributed by atoms with Crippen molar-refractivity contribution in [2.24, 2.45) is 0 Å². The molecule has 1 heterocycles. The van der Waals surface area contributed by atoms with E-state index in [0.717, 1.165) is 11.3 Å². The Kier molecular flexibility index (Phi) is 8.49. The van der Waals surface area contributed by atoms with Gasteiger partial charge in [-0.1, -0.05) is 23.7 Å². The molecule has 3 rings (SSSR count). The fourth-order valence-corrected chi connectivity index (χ4v) is 4.84. The average Bonchev–Trinajstić information content (AvgIpc) is 2.82. The number of hydrogen-bond donors (Lipinski definition) is 1. The highest BCUT2D eigenvalue weighted by atomic mass is 35.5. The third-order valence-corrected chi connectivity index (χ3v) is 7.26. The molecule has 8 nitrogen and oxygen atoms in total. The first-order valence-electron chi connectivity index (χ1n) is 10.5. The molecule has 1 N–H and O–H groups in total. The molecule has 0 unspecified atom stereocenters. The number of hydrogen-bond acceptors (Lipinski definition) is 6. The van der Waals surface area contributed by atoms with Gasteiger partial charge in [0.05, 0.1) is 18.0 Å². The first kappa shape index (κ1) is 24.8. The second-order valence-corrected chi connectivity index (χ2v) is 9.67. The Morgan fingerprint density at radius 1 is 1.03 bits per heavy atom. The van der Waals surface area contributed by atoms with E-state index in [2.05, 4.69) is 5.32 Å². The Morgan fingerprint density at radius 3 is 2.27 bits per heavy atom. The topological polar surface area (TPSA) is 96.0 Å². The number of nitrogens with zero attached hydrogens (tertiary/aromatic N) is 2. The summed E-state index contributed by atoms with van der Waals surface area (Å²) in [6, 6.07) is 13.3. The highest BCUT2D eigenvalue weighted by Crippen LogP contribution is 2.20. The van der Waals surface area contributed by atoms with Crippen LogP contribution in [0.15, 0.2) is 59.5 Å². The number of rotatable bonds is 8. The van der Waals surface area contributed by atoms with Gasteiger partial charge in [0, 0.05) is 43.0 Å². The van der Waals surface area contributed by atoms with Gasteiger partial charge in [-0.15, -0.1) is 0 Å². The normalized spacial score (nSPS) is 14.9. The van der Waals surface area contributed by atoms with Gasteiger partial charge in [-0.2, -0.15) is 4.31 Å². The van der Waals surface area contributed by atoms with E-state index in [0.29, 0.717) is 24.7 Å². The molecule has 1 aliphatic rings. The number of halogens is 1. The highest BCUT2D eigenvalue weighted by molar-refractivity contribution is 7.89. The second-order valence-electron chi connectivity index (χ2n) is 7.30. The van der Waals surface area contributed by atoms with Crippen molar-refractivity contribution in [2.75, 3.05) is 44.6 Å². The first-order valence-corrected chi connectivity index (χ1v) is 12.3. The number of nitrogens with one attached hydrogen (secondary N) is 1. The van der Waals surface area contributed by atoms with Crippen LogP contribution in [0.1, 0.15) is 12.5 Å². The van der Waals surface area contributed by atoms with Crippen molar-refractivity contribution in [1.29, 1.82) is 0 Å². The van der Waals surface area contributed by atoms with Crippen molar-refractivity contribution in [3.63, 3.8) is 0 Å². The molecule has 0 saturated carbocycles. The fourth-order valence-electron chi connectivity index (χ4n) is 3.29. The first-order chi connectivity index (χ1) is 15.8. The lowest BCUT2D eigenvalue weighted by molar-refractivity contribution is -0.137. The van der Waals surface area contributed by atoms with Crippen LogP contribution in [0.2, 0.25) is 5.02 Å². The van der Waals surface area contributed by atoms with Crippen LogP contribution < -0.4 is 5.32 Å². The molecule has 0 bridgehead atoms. The summed E-state index contributed by atoms with van der Waals surface area (Å²) in [7, 11) is -3.61. The van der Waals surface area contributed by atoms with Crippen molar-refractivity contribution in [3.05, 3.63) is 65.2 Å². The third kappa shape index (κ3) is 6.80. The van der Waals surface area contributed by atoms with Gasteiger partial charge in [0.15, 0.2) is 0 Å². The van der Waals surface area contributed by atoms with Crippen LogP contribution in [0.4, 0.5) is 5.69 Å². The Labute approximate surface area is 198 Å². The monoisotopic (exact) mass is 491 g/mol. The standard InChI is InChI=1S/C23H26ClN3O5S/c1-2-32-23(29)12-5-18-3-8-20(9-4-18)25-17-22(28)26-13-15-27(16-14-26)33(30,31)21-10-6-19(24)7-11-21/h3-12,25H,2,13-17H2,1H3/b12-5+. The lowest BCUT2D eigenvalue weighted by atomic mass is 10.2. The maximum absolute atomic E-state index is 12.8. The zero-order chi connectivity index (χ0) is 23.8. The number of carbonyl (C=O) groups is 2. The van der Waals surface area contributed by atoms with Gasteiger partial charge >= 0.3 is 5.97 Å². The molecule has 0 aliphatic carbocycles. The SMILES string of the molecule is CCOC(=O)/C=C/c1ccc(NCC(=O)N2CCN(S(=O)(=O)c3ccc(Cl)cc3)CC2)cc1. The molecule has 1 amide bonds. The minimum absolute atomic E-state index is 0.0992. The van der Waals surface area contributed by atoms with Crippen molar-refractivity contribution in [1.82, 2.24) is 9.21 Å². The fraction of sp³-hybridized carbons (Fsp3) is 0.304. The maximum Gasteiger partial charge on any atom is 0.330 e. The smallest absolute Gasteiger partial charge is 0.330 e. The van der Waals surface area contributed by atoms with E-state index in [9.17, 15) is 18.0 Å². The van der Waals surface area contributed by atoms with Crippen LogP contribution in [0.25, 0.3) is 6.08 Å². The molecule has 176 valence electrons. The van der Waals surface area contributed by atoms with Gasteiger partial charge in [-0.25, -0.2) is 13.2 Å². The van der Waals surface area contributed by atoms with E-state index in [1.54, 1.807) is 30.0 Å².